The van der Waals surface area contributed by atoms with Gasteiger partial charge in [-0.2, -0.15) is 0 Å². The number of hydrogen-bond acceptors (Lipinski definition) is 3. The molecule has 0 aliphatic rings. The minimum Gasteiger partial charge on any atom is -0.480 e. The van der Waals surface area contributed by atoms with Gasteiger partial charge in [0.25, 0.3) is 0 Å². The summed E-state index contributed by atoms with van der Waals surface area (Å²) in [7, 11) is 0. The summed E-state index contributed by atoms with van der Waals surface area (Å²) in [6.45, 7) is 0.403. The molecule has 10 heavy (non-hydrogen) atoms. The molecule has 0 amide bonds. The van der Waals surface area contributed by atoms with E-state index < -0.39 is 18.4 Å². The summed E-state index contributed by atoms with van der Waals surface area (Å²) in [5, 5.41) is 8.36. The van der Waals surface area contributed by atoms with Crippen molar-refractivity contribution in [1.29, 1.82) is 0 Å². The molecule has 0 aliphatic heterocycles. The Hall–Kier alpha value is -0.610. The molecule has 0 radical (unpaired) electrons. The quantitative estimate of drug-likeness (QED) is 0.490. The molecule has 0 saturated heterocycles. The van der Waals surface area contributed by atoms with Crippen molar-refractivity contribution >= 4 is 5.97 Å². The van der Waals surface area contributed by atoms with E-state index in [0.29, 0.717) is 13.0 Å². The van der Waals surface area contributed by atoms with E-state index in [1.54, 1.807) is 0 Å². The van der Waals surface area contributed by atoms with Gasteiger partial charge in [-0.3, -0.25) is 4.79 Å². The molecule has 60 valence electrons. The molecule has 0 spiro atoms. The van der Waals surface area contributed by atoms with Crippen LogP contribution in [-0.2, 0) is 4.79 Å². The topological polar surface area (TPSA) is 89.3 Å². The molecular weight excluding hydrogens is 132 g/mol. The van der Waals surface area contributed by atoms with Crippen molar-refractivity contribution in [2.24, 2.45) is 11.5 Å². The monoisotopic (exact) mass is 147 g/mol. The van der Waals surface area contributed by atoms with E-state index in [0.717, 1.165) is 0 Å². The van der Waals surface area contributed by atoms with Crippen molar-refractivity contribution in [1.82, 2.24) is 0 Å². The summed E-state index contributed by atoms with van der Waals surface area (Å²) in [6, 6.07) is -0.927. The van der Waals surface area contributed by atoms with Gasteiger partial charge in [-0.05, 0) is 19.4 Å². The molecule has 0 aromatic heterocycles. The molecule has 5 N–H and O–H groups in total. The number of aliphatic carboxylic acids is 1. The smallest absolute Gasteiger partial charge is 0.320 e. The number of nitrogens with two attached hydrogens (primary N) is 2. The molecule has 4 heteroatoms. The zero-order valence-corrected chi connectivity index (χ0v) is 5.79. The van der Waals surface area contributed by atoms with Gasteiger partial charge in [-0.25, -0.2) is 0 Å². The Morgan fingerprint density at radius 2 is 2.40 bits per heavy atom. The standard InChI is InChI=1S/C6H14N2O2/c7-4-2-1-3-5(8)6(9)10/h5H,1-4,7-8H2,(H,9,10)/t5-/m0/s1/i1D/t1?,5-. The van der Waals surface area contributed by atoms with Gasteiger partial charge in [0.05, 0.1) is 0 Å². The third-order valence-electron chi connectivity index (χ3n) is 1.11. The first-order chi connectivity index (χ1) is 5.07. The van der Waals surface area contributed by atoms with Crippen molar-refractivity contribution in [3.05, 3.63) is 0 Å². The van der Waals surface area contributed by atoms with E-state index in [1.807, 2.05) is 0 Å². The van der Waals surface area contributed by atoms with E-state index in [9.17, 15) is 4.79 Å². The Morgan fingerprint density at radius 1 is 1.80 bits per heavy atom. The minimum absolute atomic E-state index is 0.173. The second-order valence-electron chi connectivity index (χ2n) is 2.05. The number of carboxylic acid groups (broad SMARTS) is 1. The minimum atomic E-state index is -1.06. The second kappa shape index (κ2) is 5.20. The van der Waals surface area contributed by atoms with Crippen LogP contribution in [0.5, 0.6) is 0 Å². The van der Waals surface area contributed by atoms with E-state index in [1.165, 1.54) is 0 Å². The van der Waals surface area contributed by atoms with Crippen LogP contribution in [0, 0.1) is 0 Å². The summed E-state index contributed by atoms with van der Waals surface area (Å²) in [5.74, 6) is -1.06. The summed E-state index contributed by atoms with van der Waals surface area (Å²) in [6.07, 6.45) is 0.221. The fraction of sp³-hybridized carbons (Fsp3) is 0.833. The van der Waals surface area contributed by atoms with Crippen molar-refractivity contribution in [3.8, 4) is 0 Å². The van der Waals surface area contributed by atoms with Gasteiger partial charge in [-0.1, -0.05) is 6.40 Å². The fourth-order valence-corrected chi connectivity index (χ4v) is 0.516. The maximum absolute atomic E-state index is 10.2. The number of hydrogen-bond donors (Lipinski definition) is 3. The van der Waals surface area contributed by atoms with Crippen LogP contribution in [0.4, 0.5) is 0 Å². The zero-order chi connectivity index (χ0) is 8.85. The zero-order valence-electron chi connectivity index (χ0n) is 6.79. The molecule has 0 rings (SSSR count). The van der Waals surface area contributed by atoms with Gasteiger partial charge in [0.15, 0.2) is 0 Å². The molecule has 0 aliphatic carbocycles. The van der Waals surface area contributed by atoms with E-state index >= 15 is 0 Å². The van der Waals surface area contributed by atoms with Crippen LogP contribution in [-0.4, -0.2) is 23.7 Å². The van der Waals surface area contributed by atoms with Crippen LogP contribution < -0.4 is 11.5 Å². The van der Waals surface area contributed by atoms with Crippen LogP contribution >= 0.6 is 0 Å². The van der Waals surface area contributed by atoms with Crippen molar-refractivity contribution < 1.29 is 11.3 Å². The first kappa shape index (κ1) is 7.50. The predicted octanol–water partition coefficient (Wildman–Crippen LogP) is -0.473. The molecule has 0 bridgehead atoms. The Kier molecular flexibility index (Phi) is 3.90. The summed E-state index contributed by atoms with van der Waals surface area (Å²) in [5.41, 5.74) is 10.4. The lowest BCUT2D eigenvalue weighted by Gasteiger charge is -2.03. The molecular formula is C6H14N2O2. The maximum Gasteiger partial charge on any atom is 0.320 e. The van der Waals surface area contributed by atoms with E-state index in [-0.39, 0.29) is 6.42 Å². The van der Waals surface area contributed by atoms with Gasteiger partial charge in [0, 0.05) is 1.37 Å². The third-order valence-corrected chi connectivity index (χ3v) is 1.11. The SMILES string of the molecule is [2H]C(CCN)C[C@H](N)C(=O)O. The molecule has 0 aromatic carbocycles. The lowest BCUT2D eigenvalue weighted by molar-refractivity contribution is -0.138. The molecule has 4 nitrogen and oxygen atoms in total. The van der Waals surface area contributed by atoms with Crippen LogP contribution in [0.3, 0.4) is 0 Å². The Bertz CT molecular complexity index is 132. The van der Waals surface area contributed by atoms with Crippen LogP contribution in [0.25, 0.3) is 0 Å². The lowest BCUT2D eigenvalue weighted by Crippen LogP contribution is -2.29. The van der Waals surface area contributed by atoms with Gasteiger partial charge in [0.2, 0.25) is 0 Å². The van der Waals surface area contributed by atoms with Crippen molar-refractivity contribution in [2.75, 3.05) is 6.54 Å². The number of rotatable bonds is 5. The lowest BCUT2D eigenvalue weighted by atomic mass is 10.1. The summed E-state index contributed by atoms with van der Waals surface area (Å²) in [4.78, 5) is 10.2. The highest BCUT2D eigenvalue weighted by Crippen LogP contribution is 1.96. The highest BCUT2D eigenvalue weighted by molar-refractivity contribution is 5.72. The predicted molar refractivity (Wildman–Crippen MR) is 38.5 cm³/mol. The Labute approximate surface area is 61.6 Å². The van der Waals surface area contributed by atoms with Crippen LogP contribution in [0.1, 0.15) is 20.6 Å². The van der Waals surface area contributed by atoms with Gasteiger partial charge >= 0.3 is 5.97 Å². The van der Waals surface area contributed by atoms with E-state index in [4.69, 9.17) is 17.9 Å². The fourth-order valence-electron chi connectivity index (χ4n) is 0.516. The molecule has 2 atom stereocenters. The first-order valence-corrected chi connectivity index (χ1v) is 3.18. The van der Waals surface area contributed by atoms with Gasteiger partial charge in [0.1, 0.15) is 6.04 Å². The molecule has 0 fully saturated rings. The summed E-state index contributed by atoms with van der Waals surface area (Å²) >= 11 is 0. The highest BCUT2D eigenvalue weighted by atomic mass is 16.4. The van der Waals surface area contributed by atoms with Gasteiger partial charge in [-0.15, -0.1) is 0 Å². The molecule has 0 heterocycles. The van der Waals surface area contributed by atoms with Crippen molar-refractivity contribution in [2.45, 2.75) is 25.3 Å². The average molecular weight is 147 g/mol. The largest absolute Gasteiger partial charge is 0.480 e. The van der Waals surface area contributed by atoms with E-state index in [2.05, 4.69) is 0 Å². The number of carbonyl (C=O) groups is 1. The number of carboxylic acids is 1. The van der Waals surface area contributed by atoms with Crippen LogP contribution in [0.15, 0.2) is 0 Å². The maximum atomic E-state index is 10.2. The summed E-state index contributed by atoms with van der Waals surface area (Å²) < 4.78 is 7.27. The average Bonchev–Trinajstić information content (AvgIpc) is 1.87. The highest BCUT2D eigenvalue weighted by Gasteiger charge is 2.09. The Balaban J connectivity index is 3.56. The molecule has 0 saturated carbocycles. The van der Waals surface area contributed by atoms with Crippen LogP contribution in [0.2, 0.25) is 0 Å². The first-order valence-electron chi connectivity index (χ1n) is 3.76. The van der Waals surface area contributed by atoms with Crippen molar-refractivity contribution in [3.63, 3.8) is 0 Å². The molecule has 1 unspecified atom stereocenters. The van der Waals surface area contributed by atoms with Gasteiger partial charge < -0.3 is 16.6 Å². The second-order valence-corrected chi connectivity index (χ2v) is 2.05. The normalized spacial score (nSPS) is 17.6. The third kappa shape index (κ3) is 4.29. The Morgan fingerprint density at radius 3 is 2.80 bits per heavy atom. The molecule has 0 aromatic rings.